The zero-order chi connectivity index (χ0) is 9.84. The summed E-state index contributed by atoms with van der Waals surface area (Å²) in [7, 11) is 1.76. The topological polar surface area (TPSA) is 38.5 Å². The molecule has 0 bridgehead atoms. The molecule has 1 saturated heterocycles. The van der Waals surface area contributed by atoms with Crippen LogP contribution in [0.3, 0.4) is 0 Å². The lowest BCUT2D eigenvalue weighted by Crippen LogP contribution is -2.42. The first kappa shape index (κ1) is 10.9. The van der Waals surface area contributed by atoms with Crippen LogP contribution in [-0.2, 0) is 4.74 Å². The summed E-state index contributed by atoms with van der Waals surface area (Å²) in [6.45, 7) is 4.13. The minimum atomic E-state index is 0.259. The summed E-state index contributed by atoms with van der Waals surface area (Å²) in [5.41, 5.74) is 5.66. The zero-order valence-electron chi connectivity index (χ0n) is 8.32. The quantitative estimate of drug-likeness (QED) is 0.684. The molecule has 2 atom stereocenters. The number of hydrogen-bond acceptors (Lipinski definition) is 3. The highest BCUT2D eigenvalue weighted by atomic mass is 32.1. The molecule has 3 nitrogen and oxygen atoms in total. The number of nitrogens with zero attached hydrogens (tertiary/aromatic N) is 1. The Bertz CT molecular complexity index is 186. The number of methoxy groups -OCH3 is 1. The average molecular weight is 202 g/mol. The van der Waals surface area contributed by atoms with Crippen molar-refractivity contribution in [1.29, 1.82) is 0 Å². The molecule has 0 aromatic rings. The Hall–Kier alpha value is -0.190. The van der Waals surface area contributed by atoms with Crippen LogP contribution in [0.5, 0.6) is 0 Å². The van der Waals surface area contributed by atoms with E-state index >= 15 is 0 Å². The molecule has 2 N–H and O–H groups in total. The molecule has 0 saturated carbocycles. The summed E-state index contributed by atoms with van der Waals surface area (Å²) in [5, 5.41) is 0. The molecule has 0 aromatic heterocycles. The second-order valence-corrected chi connectivity index (χ2v) is 3.94. The van der Waals surface area contributed by atoms with Crippen LogP contribution in [0.2, 0.25) is 0 Å². The molecule has 4 heteroatoms. The first-order valence-corrected chi connectivity index (χ1v) is 5.16. The van der Waals surface area contributed by atoms with Gasteiger partial charge in [-0.05, 0) is 12.8 Å². The molecule has 76 valence electrons. The van der Waals surface area contributed by atoms with E-state index in [1.807, 2.05) is 0 Å². The molecule has 2 unspecified atom stereocenters. The van der Waals surface area contributed by atoms with Gasteiger partial charge in [0.2, 0.25) is 0 Å². The van der Waals surface area contributed by atoms with Crippen molar-refractivity contribution in [2.75, 3.05) is 20.2 Å². The van der Waals surface area contributed by atoms with Crippen LogP contribution in [0.1, 0.15) is 19.8 Å². The third kappa shape index (κ3) is 2.62. The number of nitrogens with two attached hydrogens (primary N) is 1. The van der Waals surface area contributed by atoms with Crippen LogP contribution < -0.4 is 5.73 Å². The van der Waals surface area contributed by atoms with E-state index in [-0.39, 0.29) is 6.04 Å². The van der Waals surface area contributed by atoms with E-state index in [0.29, 0.717) is 11.1 Å². The van der Waals surface area contributed by atoms with E-state index in [0.717, 1.165) is 25.9 Å². The van der Waals surface area contributed by atoms with Gasteiger partial charge in [0.05, 0.1) is 17.1 Å². The van der Waals surface area contributed by atoms with Crippen molar-refractivity contribution in [2.45, 2.75) is 31.9 Å². The maximum Gasteiger partial charge on any atom is 0.0901 e. The Morgan fingerprint density at radius 2 is 2.46 bits per heavy atom. The van der Waals surface area contributed by atoms with Gasteiger partial charge in [0.1, 0.15) is 0 Å². The van der Waals surface area contributed by atoms with Crippen molar-refractivity contribution in [3.05, 3.63) is 0 Å². The highest BCUT2D eigenvalue weighted by Gasteiger charge is 2.28. The monoisotopic (exact) mass is 202 g/mol. The normalized spacial score (nSPS) is 26.2. The van der Waals surface area contributed by atoms with Crippen molar-refractivity contribution >= 4 is 17.2 Å². The number of rotatable bonds is 4. The van der Waals surface area contributed by atoms with Crippen LogP contribution in [0.25, 0.3) is 0 Å². The highest BCUT2D eigenvalue weighted by Crippen LogP contribution is 2.16. The second kappa shape index (κ2) is 4.88. The van der Waals surface area contributed by atoms with Gasteiger partial charge in [-0.1, -0.05) is 19.1 Å². The first-order valence-electron chi connectivity index (χ1n) is 4.75. The van der Waals surface area contributed by atoms with Crippen molar-refractivity contribution in [3.63, 3.8) is 0 Å². The lowest BCUT2D eigenvalue weighted by Gasteiger charge is -2.25. The molecule has 0 aromatic carbocycles. The van der Waals surface area contributed by atoms with E-state index < -0.39 is 0 Å². The van der Waals surface area contributed by atoms with Crippen molar-refractivity contribution in [1.82, 2.24) is 4.90 Å². The summed E-state index contributed by atoms with van der Waals surface area (Å²) in [6, 6.07) is 0.259. The maximum atomic E-state index is 5.66. The van der Waals surface area contributed by atoms with Gasteiger partial charge in [0.25, 0.3) is 0 Å². The molecule has 0 spiro atoms. The Labute approximate surface area is 85.2 Å². The van der Waals surface area contributed by atoms with Gasteiger partial charge in [-0.25, -0.2) is 0 Å². The number of thiocarbonyl (C=S) groups is 1. The molecule has 13 heavy (non-hydrogen) atoms. The molecule has 1 fully saturated rings. The first-order chi connectivity index (χ1) is 6.19. The van der Waals surface area contributed by atoms with Crippen LogP contribution in [0.15, 0.2) is 0 Å². The Morgan fingerprint density at radius 3 is 2.85 bits per heavy atom. The molecular weight excluding hydrogens is 184 g/mol. The number of likely N-dealkylation sites (tertiary alicyclic amines) is 1. The van der Waals surface area contributed by atoms with Crippen LogP contribution in [-0.4, -0.2) is 42.2 Å². The minimum Gasteiger partial charge on any atom is -0.392 e. The van der Waals surface area contributed by atoms with Gasteiger partial charge >= 0.3 is 0 Å². The third-order valence-corrected chi connectivity index (χ3v) is 2.94. The SMILES string of the molecule is CCC(C(N)=S)N1CCC(OC)C1. The lowest BCUT2D eigenvalue weighted by molar-refractivity contribution is 0.105. The molecule has 1 aliphatic rings. The van der Waals surface area contributed by atoms with Crippen LogP contribution >= 0.6 is 12.2 Å². The van der Waals surface area contributed by atoms with Crippen molar-refractivity contribution < 1.29 is 4.74 Å². The molecule has 0 amide bonds. The molecule has 1 rings (SSSR count). The fraction of sp³-hybridized carbons (Fsp3) is 0.889. The van der Waals surface area contributed by atoms with Gasteiger partial charge in [-0.3, -0.25) is 4.90 Å². The lowest BCUT2D eigenvalue weighted by atomic mass is 10.2. The summed E-state index contributed by atoms with van der Waals surface area (Å²) in [5.74, 6) is 0. The van der Waals surface area contributed by atoms with E-state index in [1.54, 1.807) is 7.11 Å². The zero-order valence-corrected chi connectivity index (χ0v) is 9.14. The van der Waals surface area contributed by atoms with Gasteiger partial charge in [0, 0.05) is 20.2 Å². The molecule has 1 aliphatic heterocycles. The van der Waals surface area contributed by atoms with Gasteiger partial charge < -0.3 is 10.5 Å². The summed E-state index contributed by atoms with van der Waals surface area (Å²) >= 11 is 5.02. The van der Waals surface area contributed by atoms with Crippen molar-refractivity contribution in [3.8, 4) is 0 Å². The van der Waals surface area contributed by atoms with E-state index in [2.05, 4.69) is 11.8 Å². The summed E-state index contributed by atoms with van der Waals surface area (Å²) in [6.07, 6.45) is 2.45. The van der Waals surface area contributed by atoms with Crippen molar-refractivity contribution in [2.24, 2.45) is 5.73 Å². The Balaban J connectivity index is 2.48. The Kier molecular flexibility index (Phi) is 4.09. The summed E-state index contributed by atoms with van der Waals surface area (Å²) in [4.78, 5) is 2.93. The Morgan fingerprint density at radius 1 is 1.77 bits per heavy atom. The second-order valence-electron chi connectivity index (χ2n) is 3.47. The fourth-order valence-electron chi connectivity index (χ4n) is 1.87. The van der Waals surface area contributed by atoms with E-state index in [9.17, 15) is 0 Å². The maximum absolute atomic E-state index is 5.66. The standard InChI is InChI=1S/C9H18N2OS/c1-3-8(9(10)13)11-5-4-7(6-11)12-2/h7-8H,3-6H2,1-2H3,(H2,10,13). The fourth-order valence-corrected chi connectivity index (χ4v) is 2.18. The van der Waals surface area contributed by atoms with Gasteiger partial charge in [-0.15, -0.1) is 0 Å². The highest BCUT2D eigenvalue weighted by molar-refractivity contribution is 7.80. The smallest absolute Gasteiger partial charge is 0.0901 e. The molecular formula is C9H18N2OS. The largest absolute Gasteiger partial charge is 0.392 e. The van der Waals surface area contributed by atoms with E-state index in [1.165, 1.54) is 0 Å². The van der Waals surface area contributed by atoms with Gasteiger partial charge in [-0.2, -0.15) is 0 Å². The number of hydrogen-bond donors (Lipinski definition) is 1. The molecule has 1 heterocycles. The van der Waals surface area contributed by atoms with Gasteiger partial charge in [0.15, 0.2) is 0 Å². The third-order valence-electron chi connectivity index (χ3n) is 2.67. The summed E-state index contributed by atoms with van der Waals surface area (Å²) < 4.78 is 5.29. The minimum absolute atomic E-state index is 0.259. The number of ether oxygens (including phenoxy) is 1. The molecule has 0 aliphatic carbocycles. The van der Waals surface area contributed by atoms with Crippen LogP contribution in [0.4, 0.5) is 0 Å². The average Bonchev–Trinajstić information content (AvgIpc) is 2.53. The van der Waals surface area contributed by atoms with E-state index in [4.69, 9.17) is 22.7 Å². The predicted octanol–water partition coefficient (Wildman–Crippen LogP) is 0.772. The predicted molar refractivity (Wildman–Crippen MR) is 57.9 cm³/mol. The van der Waals surface area contributed by atoms with Crippen LogP contribution in [0, 0.1) is 0 Å². The molecule has 0 radical (unpaired) electrons.